The average molecular weight is 166 g/mol. The number of hydrogen-bond acceptors (Lipinski definition) is 2. The Morgan fingerprint density at radius 3 is 2.00 bits per heavy atom. The molecule has 0 bridgehead atoms. The van der Waals surface area contributed by atoms with E-state index < -0.39 is 5.91 Å². The fourth-order valence-electron chi connectivity index (χ4n) is 0.762. The number of rotatable bonds is 6. The topological polar surface area (TPSA) is 46.3 Å². The normalized spacial score (nSPS) is 8.67. The number of nitrogens with zero attached hydrogens (tertiary/aromatic N) is 1. The van der Waals surface area contributed by atoms with Crippen molar-refractivity contribution in [3.05, 3.63) is 37.6 Å². The molecule has 66 valence electrons. The largest absolute Gasteiger partial charge is 0.364 e. The van der Waals surface area contributed by atoms with Crippen molar-refractivity contribution in [3.63, 3.8) is 0 Å². The van der Waals surface area contributed by atoms with E-state index in [-0.39, 0.29) is 5.70 Å². The summed E-state index contributed by atoms with van der Waals surface area (Å²) in [6, 6.07) is 0. The number of nitrogens with two attached hydrogens (primary N) is 1. The summed E-state index contributed by atoms with van der Waals surface area (Å²) in [5.74, 6) is -0.515. The predicted octanol–water partition coefficient (Wildman–Crippen LogP) is 0.659. The van der Waals surface area contributed by atoms with Gasteiger partial charge in [-0.2, -0.15) is 0 Å². The van der Waals surface area contributed by atoms with Crippen molar-refractivity contribution in [2.45, 2.75) is 0 Å². The molecule has 1 amide bonds. The van der Waals surface area contributed by atoms with Gasteiger partial charge in [-0.05, 0) is 0 Å². The Labute approximate surface area is 72.9 Å². The summed E-state index contributed by atoms with van der Waals surface area (Å²) >= 11 is 0. The molecule has 0 radical (unpaired) electrons. The standard InChI is InChI=1S/C9H14N2O/c1-4-6-11(7-5-2)8(3)9(10)12/h4-5H,1-3,6-7H2,(H2,10,12). The van der Waals surface area contributed by atoms with E-state index in [1.807, 2.05) is 0 Å². The van der Waals surface area contributed by atoms with Crippen LogP contribution in [0.1, 0.15) is 0 Å². The Balaban J connectivity index is 4.26. The molecule has 0 atom stereocenters. The Morgan fingerprint density at radius 1 is 1.33 bits per heavy atom. The smallest absolute Gasteiger partial charge is 0.264 e. The van der Waals surface area contributed by atoms with E-state index in [2.05, 4.69) is 19.7 Å². The van der Waals surface area contributed by atoms with Gasteiger partial charge in [-0.3, -0.25) is 4.79 Å². The molecule has 0 aromatic rings. The van der Waals surface area contributed by atoms with E-state index in [1.165, 1.54) is 0 Å². The summed E-state index contributed by atoms with van der Waals surface area (Å²) in [5, 5.41) is 0. The summed E-state index contributed by atoms with van der Waals surface area (Å²) in [6.07, 6.45) is 3.36. The van der Waals surface area contributed by atoms with Crippen molar-refractivity contribution < 1.29 is 4.79 Å². The van der Waals surface area contributed by atoms with Crippen LogP contribution in [-0.4, -0.2) is 23.9 Å². The van der Waals surface area contributed by atoms with Crippen LogP contribution in [0.4, 0.5) is 0 Å². The van der Waals surface area contributed by atoms with Gasteiger partial charge in [0.2, 0.25) is 0 Å². The van der Waals surface area contributed by atoms with Gasteiger partial charge in [0.1, 0.15) is 0 Å². The zero-order valence-corrected chi connectivity index (χ0v) is 7.12. The molecule has 0 spiro atoms. The quantitative estimate of drug-likeness (QED) is 0.465. The highest BCUT2D eigenvalue weighted by Crippen LogP contribution is 2.00. The lowest BCUT2D eigenvalue weighted by molar-refractivity contribution is -0.115. The first-order valence-electron chi connectivity index (χ1n) is 3.59. The minimum atomic E-state index is -0.515. The number of carbonyl (C=O) groups is 1. The fraction of sp³-hybridized carbons (Fsp3) is 0.222. The molecule has 12 heavy (non-hydrogen) atoms. The van der Waals surface area contributed by atoms with Crippen molar-refractivity contribution in [1.29, 1.82) is 0 Å². The van der Waals surface area contributed by atoms with E-state index in [0.29, 0.717) is 13.1 Å². The maximum absolute atomic E-state index is 10.7. The molecule has 3 heteroatoms. The van der Waals surface area contributed by atoms with E-state index in [4.69, 9.17) is 5.73 Å². The highest BCUT2D eigenvalue weighted by Gasteiger charge is 2.08. The molecule has 0 aliphatic carbocycles. The first kappa shape index (κ1) is 10.5. The summed E-state index contributed by atoms with van der Waals surface area (Å²) in [7, 11) is 0. The van der Waals surface area contributed by atoms with E-state index in [0.717, 1.165) is 0 Å². The lowest BCUT2D eigenvalue weighted by Crippen LogP contribution is -2.31. The monoisotopic (exact) mass is 166 g/mol. The number of carbonyl (C=O) groups excluding carboxylic acids is 1. The third-order valence-electron chi connectivity index (χ3n) is 1.37. The van der Waals surface area contributed by atoms with E-state index in [9.17, 15) is 4.79 Å². The molecule has 3 nitrogen and oxygen atoms in total. The van der Waals surface area contributed by atoms with Gasteiger partial charge in [0.25, 0.3) is 5.91 Å². The molecule has 0 aliphatic rings. The fourth-order valence-corrected chi connectivity index (χ4v) is 0.762. The van der Waals surface area contributed by atoms with Gasteiger partial charge in [-0.15, -0.1) is 13.2 Å². The van der Waals surface area contributed by atoms with Crippen LogP contribution in [0.25, 0.3) is 0 Å². The Hall–Kier alpha value is -1.51. The van der Waals surface area contributed by atoms with Gasteiger partial charge in [0, 0.05) is 13.1 Å². The summed E-state index contributed by atoms with van der Waals surface area (Å²) in [5.41, 5.74) is 5.34. The minimum absolute atomic E-state index is 0.287. The molecule has 0 aromatic heterocycles. The number of primary amides is 1. The van der Waals surface area contributed by atoms with Crippen molar-refractivity contribution in [2.24, 2.45) is 5.73 Å². The first-order chi connectivity index (χ1) is 5.63. The molecular formula is C9H14N2O. The molecule has 0 saturated carbocycles. The summed E-state index contributed by atoms with van der Waals surface area (Å²) < 4.78 is 0. The van der Waals surface area contributed by atoms with Gasteiger partial charge in [-0.1, -0.05) is 18.7 Å². The maximum Gasteiger partial charge on any atom is 0.264 e. The van der Waals surface area contributed by atoms with Crippen LogP contribution in [0, 0.1) is 0 Å². The van der Waals surface area contributed by atoms with Gasteiger partial charge < -0.3 is 10.6 Å². The Morgan fingerprint density at radius 2 is 1.75 bits per heavy atom. The second-order valence-electron chi connectivity index (χ2n) is 2.29. The molecule has 0 rings (SSSR count). The minimum Gasteiger partial charge on any atom is -0.364 e. The van der Waals surface area contributed by atoms with Crippen LogP contribution < -0.4 is 5.73 Å². The molecular weight excluding hydrogens is 152 g/mol. The van der Waals surface area contributed by atoms with Crippen LogP contribution in [-0.2, 0) is 4.79 Å². The summed E-state index contributed by atoms with van der Waals surface area (Å²) in [6.45, 7) is 11.8. The van der Waals surface area contributed by atoms with Gasteiger partial charge in [0.15, 0.2) is 0 Å². The molecule has 0 heterocycles. The van der Waals surface area contributed by atoms with Crippen LogP contribution in [0.2, 0.25) is 0 Å². The lowest BCUT2D eigenvalue weighted by atomic mass is 10.3. The van der Waals surface area contributed by atoms with Crippen LogP contribution in [0.15, 0.2) is 37.6 Å². The molecule has 0 unspecified atom stereocenters. The first-order valence-corrected chi connectivity index (χ1v) is 3.59. The molecule has 0 aliphatic heterocycles. The second kappa shape index (κ2) is 5.18. The van der Waals surface area contributed by atoms with Gasteiger partial charge in [0.05, 0.1) is 5.70 Å². The maximum atomic E-state index is 10.7. The van der Waals surface area contributed by atoms with Gasteiger partial charge in [-0.25, -0.2) is 0 Å². The summed E-state index contributed by atoms with van der Waals surface area (Å²) in [4.78, 5) is 12.4. The second-order valence-corrected chi connectivity index (χ2v) is 2.29. The number of hydrogen-bond donors (Lipinski definition) is 1. The van der Waals surface area contributed by atoms with Crippen molar-refractivity contribution in [2.75, 3.05) is 13.1 Å². The Bertz CT molecular complexity index is 199. The molecule has 0 fully saturated rings. The zero-order chi connectivity index (χ0) is 9.56. The SMILES string of the molecule is C=CCN(CC=C)C(=C)C(N)=O. The predicted molar refractivity (Wildman–Crippen MR) is 50.3 cm³/mol. The third-order valence-corrected chi connectivity index (χ3v) is 1.37. The van der Waals surface area contributed by atoms with Crippen molar-refractivity contribution in [1.82, 2.24) is 4.90 Å². The third kappa shape index (κ3) is 3.05. The van der Waals surface area contributed by atoms with Crippen LogP contribution in [0.5, 0.6) is 0 Å². The highest BCUT2D eigenvalue weighted by molar-refractivity contribution is 5.90. The molecule has 2 N–H and O–H groups in total. The highest BCUT2D eigenvalue weighted by atomic mass is 16.1. The van der Waals surface area contributed by atoms with Crippen molar-refractivity contribution >= 4 is 5.91 Å². The van der Waals surface area contributed by atoms with E-state index >= 15 is 0 Å². The van der Waals surface area contributed by atoms with Crippen molar-refractivity contribution in [3.8, 4) is 0 Å². The number of amides is 1. The zero-order valence-electron chi connectivity index (χ0n) is 7.12. The van der Waals surface area contributed by atoms with Gasteiger partial charge >= 0.3 is 0 Å². The van der Waals surface area contributed by atoms with Crippen LogP contribution in [0.3, 0.4) is 0 Å². The van der Waals surface area contributed by atoms with E-state index in [1.54, 1.807) is 17.1 Å². The average Bonchev–Trinajstić information content (AvgIpc) is 2.03. The lowest BCUT2D eigenvalue weighted by Gasteiger charge is -2.21. The van der Waals surface area contributed by atoms with Crippen LogP contribution >= 0.6 is 0 Å². The molecule has 0 saturated heterocycles. The Kier molecular flexibility index (Phi) is 4.53. The molecule has 0 aromatic carbocycles.